The predicted octanol–water partition coefficient (Wildman–Crippen LogP) is 1.93. The minimum Gasteiger partial charge on any atom is -0.388 e. The van der Waals surface area contributed by atoms with Crippen molar-refractivity contribution >= 4 is 11.8 Å². The van der Waals surface area contributed by atoms with Crippen molar-refractivity contribution in [3.8, 4) is 0 Å². The molecule has 2 aromatic rings. The summed E-state index contributed by atoms with van der Waals surface area (Å²) in [7, 11) is 0. The van der Waals surface area contributed by atoms with Gasteiger partial charge in [-0.15, -0.1) is 0 Å². The zero-order chi connectivity index (χ0) is 17.4. The molecule has 0 aliphatic carbocycles. The number of aliphatic hydroxyl groups excluding tert-OH is 1. The van der Waals surface area contributed by atoms with E-state index < -0.39 is 12.1 Å². The molecule has 2 amide bonds. The van der Waals surface area contributed by atoms with Gasteiger partial charge in [-0.3, -0.25) is 9.59 Å². The summed E-state index contributed by atoms with van der Waals surface area (Å²) in [6, 6.07) is 17.8. The van der Waals surface area contributed by atoms with Crippen molar-refractivity contribution < 1.29 is 14.7 Å². The lowest BCUT2D eigenvalue weighted by molar-refractivity contribution is -0.129. The Hall–Kier alpha value is -2.66. The fourth-order valence-electron chi connectivity index (χ4n) is 2.27. The third-order valence-corrected chi connectivity index (χ3v) is 3.64. The molecule has 0 spiro atoms. The number of aliphatic hydroxyl groups is 1. The van der Waals surface area contributed by atoms with Crippen LogP contribution in [0.15, 0.2) is 60.7 Å². The Kier molecular flexibility index (Phi) is 6.51. The molecule has 0 heterocycles. The van der Waals surface area contributed by atoms with Gasteiger partial charge in [0, 0.05) is 6.54 Å². The van der Waals surface area contributed by atoms with Crippen LogP contribution in [-0.2, 0) is 16.1 Å². The van der Waals surface area contributed by atoms with Gasteiger partial charge in [-0.05, 0) is 18.1 Å². The SMILES string of the molecule is CC(NC(=O)CC(O)c1ccccc1)C(=O)NCc1ccccc1. The number of benzene rings is 2. The Morgan fingerprint density at radius 3 is 2.21 bits per heavy atom. The van der Waals surface area contributed by atoms with E-state index >= 15 is 0 Å². The number of hydrogen-bond acceptors (Lipinski definition) is 3. The minimum absolute atomic E-state index is 0.0830. The average Bonchev–Trinajstić information content (AvgIpc) is 2.61. The Morgan fingerprint density at radius 1 is 1.00 bits per heavy atom. The maximum absolute atomic E-state index is 12.0. The molecule has 3 N–H and O–H groups in total. The van der Waals surface area contributed by atoms with Crippen molar-refractivity contribution in [3.05, 3.63) is 71.8 Å². The highest BCUT2D eigenvalue weighted by molar-refractivity contribution is 5.87. The molecule has 24 heavy (non-hydrogen) atoms. The molecule has 0 saturated carbocycles. The summed E-state index contributed by atoms with van der Waals surface area (Å²) in [6.45, 7) is 2.03. The van der Waals surface area contributed by atoms with Crippen LogP contribution in [-0.4, -0.2) is 23.0 Å². The number of carbonyl (C=O) groups excluding carboxylic acids is 2. The quantitative estimate of drug-likeness (QED) is 0.727. The van der Waals surface area contributed by atoms with E-state index in [1.165, 1.54) is 0 Å². The van der Waals surface area contributed by atoms with Crippen molar-refractivity contribution in [2.75, 3.05) is 0 Å². The standard InChI is InChI=1S/C19H22N2O3/c1-14(19(24)20-13-15-8-4-2-5-9-15)21-18(23)12-17(22)16-10-6-3-7-11-16/h2-11,14,17,22H,12-13H2,1H3,(H,20,24)(H,21,23). The second-order valence-electron chi connectivity index (χ2n) is 5.62. The Labute approximate surface area is 141 Å². The monoisotopic (exact) mass is 326 g/mol. The van der Waals surface area contributed by atoms with Crippen molar-refractivity contribution in [1.82, 2.24) is 10.6 Å². The molecule has 2 rings (SSSR count). The first kappa shape index (κ1) is 17.7. The summed E-state index contributed by atoms with van der Waals surface area (Å²) in [4.78, 5) is 24.0. The van der Waals surface area contributed by atoms with Gasteiger partial charge in [-0.2, -0.15) is 0 Å². The molecule has 0 fully saturated rings. The molecule has 2 aromatic carbocycles. The summed E-state index contributed by atoms with van der Waals surface area (Å²) in [5.74, 6) is -0.630. The molecule has 0 bridgehead atoms. The van der Waals surface area contributed by atoms with E-state index in [4.69, 9.17) is 0 Å². The summed E-state index contributed by atoms with van der Waals surface area (Å²) in [5.41, 5.74) is 1.66. The van der Waals surface area contributed by atoms with Gasteiger partial charge in [0.25, 0.3) is 0 Å². The van der Waals surface area contributed by atoms with Gasteiger partial charge in [0.05, 0.1) is 12.5 Å². The zero-order valence-corrected chi connectivity index (χ0v) is 13.6. The van der Waals surface area contributed by atoms with Crippen LogP contribution in [0.1, 0.15) is 30.6 Å². The Bertz CT molecular complexity index is 659. The molecular formula is C19H22N2O3. The molecule has 0 aliphatic heterocycles. The molecule has 2 atom stereocenters. The van der Waals surface area contributed by atoms with Gasteiger partial charge in [0.2, 0.25) is 11.8 Å². The van der Waals surface area contributed by atoms with E-state index in [0.717, 1.165) is 5.56 Å². The Morgan fingerprint density at radius 2 is 1.58 bits per heavy atom. The van der Waals surface area contributed by atoms with Gasteiger partial charge >= 0.3 is 0 Å². The summed E-state index contributed by atoms with van der Waals surface area (Å²) < 4.78 is 0. The molecule has 126 valence electrons. The number of nitrogens with one attached hydrogen (secondary N) is 2. The molecule has 5 heteroatoms. The second kappa shape index (κ2) is 8.84. The van der Waals surface area contributed by atoms with Crippen LogP contribution in [0.3, 0.4) is 0 Å². The van der Waals surface area contributed by atoms with Crippen LogP contribution in [0.2, 0.25) is 0 Å². The fraction of sp³-hybridized carbons (Fsp3) is 0.263. The van der Waals surface area contributed by atoms with E-state index in [0.29, 0.717) is 12.1 Å². The van der Waals surface area contributed by atoms with Crippen LogP contribution in [0.5, 0.6) is 0 Å². The molecule has 0 radical (unpaired) electrons. The lowest BCUT2D eigenvalue weighted by Crippen LogP contribution is -2.44. The number of carbonyl (C=O) groups is 2. The van der Waals surface area contributed by atoms with E-state index in [9.17, 15) is 14.7 Å². The van der Waals surface area contributed by atoms with E-state index in [1.54, 1.807) is 31.2 Å². The van der Waals surface area contributed by atoms with Crippen LogP contribution in [0, 0.1) is 0 Å². The topological polar surface area (TPSA) is 78.4 Å². The molecule has 0 saturated heterocycles. The first-order valence-electron chi connectivity index (χ1n) is 7.90. The summed E-state index contributed by atoms with van der Waals surface area (Å²) in [6.07, 6.45) is -0.967. The maximum Gasteiger partial charge on any atom is 0.242 e. The van der Waals surface area contributed by atoms with Gasteiger partial charge in [0.15, 0.2) is 0 Å². The normalized spacial score (nSPS) is 12.9. The van der Waals surface area contributed by atoms with Gasteiger partial charge in [-0.25, -0.2) is 0 Å². The predicted molar refractivity (Wildman–Crippen MR) is 91.9 cm³/mol. The van der Waals surface area contributed by atoms with E-state index in [-0.39, 0.29) is 18.2 Å². The first-order chi connectivity index (χ1) is 11.6. The third kappa shape index (κ3) is 5.52. The molecular weight excluding hydrogens is 304 g/mol. The van der Waals surface area contributed by atoms with Crippen molar-refractivity contribution in [1.29, 1.82) is 0 Å². The largest absolute Gasteiger partial charge is 0.388 e. The van der Waals surface area contributed by atoms with Crippen LogP contribution < -0.4 is 10.6 Å². The third-order valence-electron chi connectivity index (χ3n) is 3.64. The smallest absolute Gasteiger partial charge is 0.242 e. The Balaban J connectivity index is 1.77. The fourth-order valence-corrected chi connectivity index (χ4v) is 2.27. The average molecular weight is 326 g/mol. The highest BCUT2D eigenvalue weighted by atomic mass is 16.3. The molecule has 5 nitrogen and oxygen atoms in total. The highest BCUT2D eigenvalue weighted by Gasteiger charge is 2.18. The first-order valence-corrected chi connectivity index (χ1v) is 7.90. The van der Waals surface area contributed by atoms with Gasteiger partial charge in [-0.1, -0.05) is 60.7 Å². The van der Waals surface area contributed by atoms with Crippen molar-refractivity contribution in [2.24, 2.45) is 0 Å². The van der Waals surface area contributed by atoms with Crippen molar-refractivity contribution in [2.45, 2.75) is 32.0 Å². The molecule has 0 aliphatic rings. The molecule has 0 aromatic heterocycles. The second-order valence-corrected chi connectivity index (χ2v) is 5.62. The van der Waals surface area contributed by atoms with E-state index in [1.807, 2.05) is 36.4 Å². The lowest BCUT2D eigenvalue weighted by Gasteiger charge is -2.16. The maximum atomic E-state index is 12.0. The summed E-state index contributed by atoms with van der Waals surface area (Å²) in [5, 5.41) is 15.4. The van der Waals surface area contributed by atoms with Gasteiger partial charge < -0.3 is 15.7 Å². The van der Waals surface area contributed by atoms with E-state index in [2.05, 4.69) is 10.6 Å². The van der Waals surface area contributed by atoms with Gasteiger partial charge in [0.1, 0.15) is 6.04 Å². The van der Waals surface area contributed by atoms with Crippen molar-refractivity contribution in [3.63, 3.8) is 0 Å². The number of rotatable bonds is 7. The number of hydrogen-bond donors (Lipinski definition) is 3. The lowest BCUT2D eigenvalue weighted by atomic mass is 10.1. The highest BCUT2D eigenvalue weighted by Crippen LogP contribution is 2.15. The van der Waals surface area contributed by atoms with Crippen LogP contribution in [0.4, 0.5) is 0 Å². The molecule has 2 unspecified atom stereocenters. The van der Waals surface area contributed by atoms with Crippen LogP contribution in [0.25, 0.3) is 0 Å². The minimum atomic E-state index is -0.884. The summed E-state index contributed by atoms with van der Waals surface area (Å²) >= 11 is 0. The van der Waals surface area contributed by atoms with Crippen LogP contribution >= 0.6 is 0 Å². The zero-order valence-electron chi connectivity index (χ0n) is 13.6. The number of amides is 2.